The number of fused-ring (bicyclic) bond motifs is 1. The Kier molecular flexibility index (Phi) is 3.99. The zero-order valence-electron chi connectivity index (χ0n) is 13.3. The molecule has 4 nitrogen and oxygen atoms in total. The molecule has 1 aliphatic carbocycles. The van der Waals surface area contributed by atoms with Gasteiger partial charge in [0.25, 0.3) is 5.91 Å². The van der Waals surface area contributed by atoms with Gasteiger partial charge in [0.05, 0.1) is 5.71 Å². The van der Waals surface area contributed by atoms with Gasteiger partial charge < -0.3 is 5.32 Å². The van der Waals surface area contributed by atoms with Crippen molar-refractivity contribution >= 4 is 17.5 Å². The first-order valence-electron chi connectivity index (χ1n) is 7.17. The number of carbonyl (C=O) groups is 2. The van der Waals surface area contributed by atoms with Crippen molar-refractivity contribution in [2.45, 2.75) is 41.0 Å². The molecule has 0 saturated heterocycles. The highest BCUT2D eigenvalue weighted by atomic mass is 16.2. The highest BCUT2D eigenvalue weighted by Gasteiger charge is 2.27. The lowest BCUT2D eigenvalue weighted by molar-refractivity contribution is -0.119. The maximum atomic E-state index is 11.9. The lowest BCUT2D eigenvalue weighted by Crippen LogP contribution is -2.35. The van der Waals surface area contributed by atoms with Crippen molar-refractivity contribution in [3.05, 3.63) is 35.1 Å². The monoisotopic (exact) mass is 286 g/mol. The minimum Gasteiger partial charge on any atom is -0.325 e. The highest BCUT2D eigenvalue weighted by Crippen LogP contribution is 2.30. The Morgan fingerprint density at radius 2 is 2.00 bits per heavy atom. The molecule has 1 atom stereocenters. The number of hydrogen-bond acceptors (Lipinski definition) is 2. The molecule has 0 aromatic rings. The number of rotatable bonds is 1. The summed E-state index contributed by atoms with van der Waals surface area (Å²) in [6.45, 7) is 9.81. The molecule has 2 aliphatic rings. The van der Waals surface area contributed by atoms with Gasteiger partial charge in [0.2, 0.25) is 5.91 Å². The fourth-order valence-corrected chi connectivity index (χ4v) is 2.43. The quantitative estimate of drug-likeness (QED) is 0.805. The first kappa shape index (κ1) is 15.4. The molecule has 4 heteroatoms. The molecule has 1 aliphatic heterocycles. The second-order valence-electron chi connectivity index (χ2n) is 6.87. The van der Waals surface area contributed by atoms with Crippen LogP contribution in [-0.4, -0.2) is 17.5 Å². The maximum Gasteiger partial charge on any atom is 0.251 e. The SMILES string of the molecule is CC1=C(C)C2C=CC(=NC(=O)CC(C)(C)C)C=C2NC1=O. The fraction of sp³-hybridized carbons (Fsp3) is 0.471. The Morgan fingerprint density at radius 1 is 1.33 bits per heavy atom. The van der Waals surface area contributed by atoms with Crippen LogP contribution in [0.4, 0.5) is 0 Å². The van der Waals surface area contributed by atoms with E-state index in [0.717, 1.165) is 16.8 Å². The Hall–Kier alpha value is -1.97. The van der Waals surface area contributed by atoms with E-state index in [4.69, 9.17) is 0 Å². The van der Waals surface area contributed by atoms with Crippen molar-refractivity contribution in [2.75, 3.05) is 0 Å². The number of amides is 2. The van der Waals surface area contributed by atoms with Gasteiger partial charge in [0.15, 0.2) is 0 Å². The molecule has 21 heavy (non-hydrogen) atoms. The Morgan fingerprint density at radius 3 is 2.62 bits per heavy atom. The molecule has 0 spiro atoms. The molecule has 2 amide bonds. The Bertz CT molecular complexity index is 613. The van der Waals surface area contributed by atoms with E-state index in [9.17, 15) is 9.59 Å². The van der Waals surface area contributed by atoms with Crippen LogP contribution in [0.3, 0.4) is 0 Å². The van der Waals surface area contributed by atoms with Gasteiger partial charge >= 0.3 is 0 Å². The lowest BCUT2D eigenvalue weighted by atomic mass is 9.85. The van der Waals surface area contributed by atoms with Crippen LogP contribution < -0.4 is 5.32 Å². The van der Waals surface area contributed by atoms with E-state index < -0.39 is 0 Å². The van der Waals surface area contributed by atoms with E-state index >= 15 is 0 Å². The molecular weight excluding hydrogens is 264 g/mol. The minimum atomic E-state index is -0.136. The zero-order chi connectivity index (χ0) is 15.8. The molecule has 2 rings (SSSR count). The number of carbonyl (C=O) groups excluding carboxylic acids is 2. The number of allylic oxidation sites excluding steroid dienone is 3. The van der Waals surface area contributed by atoms with Crippen LogP contribution in [0.2, 0.25) is 0 Å². The summed E-state index contributed by atoms with van der Waals surface area (Å²) in [4.78, 5) is 27.9. The van der Waals surface area contributed by atoms with Gasteiger partial charge in [-0.15, -0.1) is 0 Å². The van der Waals surface area contributed by atoms with Crippen LogP contribution >= 0.6 is 0 Å². The van der Waals surface area contributed by atoms with Crippen LogP contribution in [0.25, 0.3) is 0 Å². The standard InChI is InChI=1S/C17H22N2O2/c1-10-11(2)16(21)19-14-8-12(6-7-13(10)14)18-15(20)9-17(3,4)5/h6-8,13H,9H2,1-5H3,(H,19,21). The molecular formula is C17H22N2O2. The zero-order valence-corrected chi connectivity index (χ0v) is 13.3. The summed E-state index contributed by atoms with van der Waals surface area (Å²) >= 11 is 0. The topological polar surface area (TPSA) is 58.5 Å². The number of nitrogens with one attached hydrogen (secondary N) is 1. The third-order valence-corrected chi connectivity index (χ3v) is 3.69. The summed E-state index contributed by atoms with van der Waals surface area (Å²) in [5.41, 5.74) is 3.12. The van der Waals surface area contributed by atoms with Gasteiger partial charge in [-0.25, -0.2) is 4.99 Å². The van der Waals surface area contributed by atoms with E-state index in [1.165, 1.54) is 0 Å². The van der Waals surface area contributed by atoms with Crippen molar-refractivity contribution in [3.8, 4) is 0 Å². The van der Waals surface area contributed by atoms with E-state index in [1.807, 2.05) is 46.8 Å². The van der Waals surface area contributed by atoms with Crippen LogP contribution in [0, 0.1) is 11.3 Å². The molecule has 1 heterocycles. The van der Waals surface area contributed by atoms with E-state index in [2.05, 4.69) is 10.3 Å². The number of aliphatic imine (C=N–C) groups is 1. The number of hydrogen-bond donors (Lipinski definition) is 1. The number of nitrogens with zero attached hydrogens (tertiary/aromatic N) is 1. The first-order valence-corrected chi connectivity index (χ1v) is 7.17. The van der Waals surface area contributed by atoms with E-state index in [0.29, 0.717) is 12.1 Å². The van der Waals surface area contributed by atoms with Gasteiger partial charge in [-0.3, -0.25) is 9.59 Å². The van der Waals surface area contributed by atoms with Crippen LogP contribution in [-0.2, 0) is 9.59 Å². The van der Waals surface area contributed by atoms with Gasteiger partial charge in [0.1, 0.15) is 0 Å². The predicted molar refractivity (Wildman–Crippen MR) is 83.7 cm³/mol. The van der Waals surface area contributed by atoms with Gasteiger partial charge in [-0.2, -0.15) is 0 Å². The molecule has 0 bridgehead atoms. The molecule has 0 fully saturated rings. The molecule has 1 unspecified atom stereocenters. The molecule has 0 saturated carbocycles. The van der Waals surface area contributed by atoms with Crippen LogP contribution in [0.15, 0.2) is 40.1 Å². The second kappa shape index (κ2) is 5.43. The van der Waals surface area contributed by atoms with Crippen molar-refractivity contribution in [1.29, 1.82) is 0 Å². The summed E-state index contributed by atoms with van der Waals surface area (Å²) in [6, 6.07) is 0. The van der Waals surface area contributed by atoms with Gasteiger partial charge in [0, 0.05) is 23.6 Å². The first-order chi connectivity index (χ1) is 9.67. The highest BCUT2D eigenvalue weighted by molar-refractivity contribution is 6.11. The van der Waals surface area contributed by atoms with E-state index in [1.54, 1.807) is 6.08 Å². The van der Waals surface area contributed by atoms with Crippen LogP contribution in [0.5, 0.6) is 0 Å². The van der Waals surface area contributed by atoms with Crippen LogP contribution in [0.1, 0.15) is 41.0 Å². The summed E-state index contributed by atoms with van der Waals surface area (Å²) in [7, 11) is 0. The lowest BCUT2D eigenvalue weighted by Gasteiger charge is -2.28. The Balaban J connectivity index is 2.23. The largest absolute Gasteiger partial charge is 0.325 e. The maximum absolute atomic E-state index is 11.9. The van der Waals surface area contributed by atoms with E-state index in [-0.39, 0.29) is 23.1 Å². The fourth-order valence-electron chi connectivity index (χ4n) is 2.43. The molecule has 0 radical (unpaired) electrons. The van der Waals surface area contributed by atoms with Crippen molar-refractivity contribution in [2.24, 2.45) is 16.3 Å². The summed E-state index contributed by atoms with van der Waals surface area (Å²) in [5, 5.41) is 2.87. The summed E-state index contributed by atoms with van der Waals surface area (Å²) < 4.78 is 0. The molecule has 0 aromatic carbocycles. The average Bonchev–Trinajstić information content (AvgIpc) is 2.33. The summed E-state index contributed by atoms with van der Waals surface area (Å²) in [5.74, 6) is -0.131. The summed E-state index contributed by atoms with van der Waals surface area (Å²) in [6.07, 6.45) is 6.03. The van der Waals surface area contributed by atoms with Crippen molar-refractivity contribution in [3.63, 3.8) is 0 Å². The normalized spacial score (nSPS) is 23.9. The van der Waals surface area contributed by atoms with Gasteiger partial charge in [-0.05, 0) is 31.4 Å². The minimum absolute atomic E-state index is 0.0781. The third-order valence-electron chi connectivity index (χ3n) is 3.69. The van der Waals surface area contributed by atoms with Crippen molar-refractivity contribution < 1.29 is 9.59 Å². The average molecular weight is 286 g/mol. The Labute approximate surface area is 125 Å². The van der Waals surface area contributed by atoms with Crippen molar-refractivity contribution in [1.82, 2.24) is 5.32 Å². The van der Waals surface area contributed by atoms with Gasteiger partial charge in [-0.1, -0.05) is 32.4 Å². The second-order valence-corrected chi connectivity index (χ2v) is 6.87. The smallest absolute Gasteiger partial charge is 0.251 e. The molecule has 1 N–H and O–H groups in total. The third kappa shape index (κ3) is 3.57. The molecule has 112 valence electrons. The predicted octanol–water partition coefficient (Wildman–Crippen LogP) is 2.93. The molecule has 0 aromatic heterocycles.